The average molecular weight is 215 g/mol. The average Bonchev–Trinajstić information content (AvgIpc) is 2.05. The van der Waals surface area contributed by atoms with E-state index in [1.54, 1.807) is 6.92 Å². The summed E-state index contributed by atoms with van der Waals surface area (Å²) in [6, 6.07) is 0. The summed E-state index contributed by atoms with van der Waals surface area (Å²) in [5.41, 5.74) is -1.09. The van der Waals surface area contributed by atoms with Gasteiger partial charge in [-0.25, -0.2) is 4.39 Å². The molecule has 2 fully saturated rings. The lowest BCUT2D eigenvalue weighted by Crippen LogP contribution is -2.52. The first-order valence-electron chi connectivity index (χ1n) is 5.59. The highest BCUT2D eigenvalue weighted by Gasteiger charge is 2.46. The molecular weight excluding hydrogens is 197 g/mol. The molecule has 15 heavy (non-hydrogen) atoms. The first-order valence-corrected chi connectivity index (χ1v) is 5.59. The van der Waals surface area contributed by atoms with E-state index in [1.807, 2.05) is 0 Å². The molecule has 4 heteroatoms. The van der Waals surface area contributed by atoms with Crippen LogP contribution in [0.25, 0.3) is 0 Å². The Morgan fingerprint density at radius 1 is 1.47 bits per heavy atom. The smallest absolute Gasteiger partial charge is 0.303 e. The second-order valence-electron chi connectivity index (χ2n) is 5.26. The molecule has 0 radical (unpaired) electrons. The zero-order valence-corrected chi connectivity index (χ0v) is 9.00. The third-order valence-electron chi connectivity index (χ3n) is 3.81. The minimum Gasteiger partial charge on any atom is -0.481 e. The van der Waals surface area contributed by atoms with E-state index in [2.05, 4.69) is 5.32 Å². The highest BCUT2D eigenvalue weighted by atomic mass is 19.1. The number of nitrogens with one attached hydrogen (secondary N) is 1. The van der Waals surface area contributed by atoms with Gasteiger partial charge in [-0.1, -0.05) is 0 Å². The van der Waals surface area contributed by atoms with E-state index in [-0.39, 0.29) is 24.2 Å². The molecule has 0 amide bonds. The lowest BCUT2D eigenvalue weighted by molar-refractivity contribution is -0.141. The molecule has 0 aromatic carbocycles. The van der Waals surface area contributed by atoms with Gasteiger partial charge in [-0.2, -0.15) is 0 Å². The fourth-order valence-electron chi connectivity index (χ4n) is 3.30. The van der Waals surface area contributed by atoms with Crippen molar-refractivity contribution in [1.82, 2.24) is 5.32 Å². The van der Waals surface area contributed by atoms with E-state index < -0.39 is 11.6 Å². The zero-order chi connectivity index (χ0) is 11.1. The van der Waals surface area contributed by atoms with Crippen molar-refractivity contribution in [2.24, 2.45) is 17.8 Å². The van der Waals surface area contributed by atoms with Crippen molar-refractivity contribution in [2.75, 3.05) is 13.1 Å². The lowest BCUT2D eigenvalue weighted by Gasteiger charge is -2.47. The molecule has 1 aliphatic heterocycles. The van der Waals surface area contributed by atoms with Crippen molar-refractivity contribution in [3.8, 4) is 0 Å². The van der Waals surface area contributed by atoms with Crippen LogP contribution in [0.15, 0.2) is 0 Å². The Balaban J connectivity index is 2.10. The molecule has 2 bridgehead atoms. The van der Waals surface area contributed by atoms with Gasteiger partial charge < -0.3 is 10.4 Å². The summed E-state index contributed by atoms with van der Waals surface area (Å²) in [6.45, 7) is 3.19. The maximum absolute atomic E-state index is 13.9. The minimum atomic E-state index is -1.09. The van der Waals surface area contributed by atoms with Gasteiger partial charge in [0.2, 0.25) is 0 Å². The number of carboxylic acids is 1. The molecule has 0 aromatic rings. The highest BCUT2D eigenvalue weighted by Crippen LogP contribution is 2.45. The summed E-state index contributed by atoms with van der Waals surface area (Å²) in [6.07, 6.45) is 1.22. The second-order valence-corrected chi connectivity index (χ2v) is 5.26. The number of carboxylic acid groups (broad SMARTS) is 1. The van der Waals surface area contributed by atoms with Gasteiger partial charge in [0.25, 0.3) is 0 Å². The Bertz CT molecular complexity index is 251. The van der Waals surface area contributed by atoms with Gasteiger partial charge in [-0.05, 0) is 50.6 Å². The third kappa shape index (κ3) is 2.30. The second kappa shape index (κ2) is 3.74. The van der Waals surface area contributed by atoms with E-state index in [0.29, 0.717) is 12.8 Å². The Hall–Kier alpha value is -0.640. The normalized spacial score (nSPS) is 45.1. The number of hydrogen-bond acceptors (Lipinski definition) is 2. The van der Waals surface area contributed by atoms with Gasteiger partial charge in [0.1, 0.15) is 5.67 Å². The Morgan fingerprint density at radius 3 is 2.47 bits per heavy atom. The molecule has 0 aromatic heterocycles. The summed E-state index contributed by atoms with van der Waals surface area (Å²) >= 11 is 0. The fraction of sp³-hybridized carbons (Fsp3) is 0.909. The number of fused-ring (bicyclic) bond motifs is 2. The van der Waals surface area contributed by atoms with E-state index in [1.165, 1.54) is 0 Å². The van der Waals surface area contributed by atoms with Crippen molar-refractivity contribution >= 4 is 5.97 Å². The highest BCUT2D eigenvalue weighted by molar-refractivity contribution is 5.67. The molecular formula is C11H18FNO2. The van der Waals surface area contributed by atoms with Gasteiger partial charge >= 0.3 is 5.97 Å². The van der Waals surface area contributed by atoms with E-state index >= 15 is 0 Å². The Morgan fingerprint density at radius 2 is 2.00 bits per heavy atom. The fourth-order valence-corrected chi connectivity index (χ4v) is 3.30. The third-order valence-corrected chi connectivity index (χ3v) is 3.81. The molecule has 2 unspecified atom stereocenters. The van der Waals surface area contributed by atoms with Crippen LogP contribution in [0.5, 0.6) is 0 Å². The van der Waals surface area contributed by atoms with Crippen molar-refractivity contribution in [3.05, 3.63) is 0 Å². The first kappa shape index (κ1) is 10.9. The molecule has 86 valence electrons. The van der Waals surface area contributed by atoms with Crippen LogP contribution >= 0.6 is 0 Å². The molecule has 1 heterocycles. The molecule has 2 atom stereocenters. The van der Waals surface area contributed by atoms with Crippen molar-refractivity contribution in [3.63, 3.8) is 0 Å². The maximum atomic E-state index is 13.9. The van der Waals surface area contributed by atoms with Crippen LogP contribution in [-0.2, 0) is 4.79 Å². The number of piperidine rings is 1. The van der Waals surface area contributed by atoms with Crippen LogP contribution in [0, 0.1) is 17.8 Å². The van der Waals surface area contributed by atoms with E-state index in [9.17, 15) is 9.18 Å². The summed E-state index contributed by atoms with van der Waals surface area (Å²) in [5.74, 6) is -0.181. The van der Waals surface area contributed by atoms with Crippen LogP contribution < -0.4 is 5.32 Å². The molecule has 2 N–H and O–H groups in total. The summed E-state index contributed by atoms with van der Waals surface area (Å²) in [4.78, 5) is 10.7. The summed E-state index contributed by atoms with van der Waals surface area (Å²) in [5, 5.41) is 12.1. The minimum absolute atomic E-state index is 0.174. The molecule has 3 nitrogen and oxygen atoms in total. The Labute approximate surface area is 89.0 Å². The maximum Gasteiger partial charge on any atom is 0.303 e. The number of hydrogen-bond donors (Lipinski definition) is 2. The summed E-state index contributed by atoms with van der Waals surface area (Å²) < 4.78 is 13.9. The van der Waals surface area contributed by atoms with E-state index in [4.69, 9.17) is 5.11 Å². The van der Waals surface area contributed by atoms with E-state index in [0.717, 1.165) is 13.1 Å². The van der Waals surface area contributed by atoms with Crippen LogP contribution in [0.3, 0.4) is 0 Å². The van der Waals surface area contributed by atoms with Gasteiger partial charge in [-0.15, -0.1) is 0 Å². The lowest BCUT2D eigenvalue weighted by atomic mass is 9.64. The predicted molar refractivity (Wildman–Crippen MR) is 54.3 cm³/mol. The van der Waals surface area contributed by atoms with Crippen LogP contribution in [0.4, 0.5) is 4.39 Å². The summed E-state index contributed by atoms with van der Waals surface area (Å²) in [7, 11) is 0. The van der Waals surface area contributed by atoms with Crippen LogP contribution in [0.1, 0.15) is 26.2 Å². The van der Waals surface area contributed by atoms with Gasteiger partial charge in [0, 0.05) is 6.42 Å². The number of aliphatic carboxylic acids is 1. The molecule has 1 saturated heterocycles. The van der Waals surface area contributed by atoms with Crippen LogP contribution in [-0.4, -0.2) is 29.8 Å². The number of alkyl halides is 1. The van der Waals surface area contributed by atoms with Crippen molar-refractivity contribution in [2.45, 2.75) is 31.9 Å². The van der Waals surface area contributed by atoms with Crippen molar-refractivity contribution in [1.29, 1.82) is 0 Å². The number of rotatable bonds is 2. The first-order chi connectivity index (χ1) is 6.98. The molecule has 2 aliphatic rings. The van der Waals surface area contributed by atoms with Gasteiger partial charge in [0.15, 0.2) is 0 Å². The monoisotopic (exact) mass is 215 g/mol. The number of carbonyl (C=O) groups is 1. The Kier molecular flexibility index (Phi) is 2.71. The quantitative estimate of drug-likeness (QED) is 0.732. The number of halogens is 1. The van der Waals surface area contributed by atoms with Gasteiger partial charge in [0.05, 0.1) is 0 Å². The van der Waals surface area contributed by atoms with Crippen LogP contribution in [0.2, 0.25) is 0 Å². The molecule has 1 saturated carbocycles. The largest absolute Gasteiger partial charge is 0.481 e. The molecule has 0 spiro atoms. The standard InChI is InChI=1S/C11H18FNO2/c1-11(12)3-7-5-13-6-8(4-11)9(7)2-10(14)15/h7-9,13H,2-6H2,1H3,(H,14,15). The predicted octanol–water partition coefficient (Wildman–Crippen LogP) is 1.43. The topological polar surface area (TPSA) is 49.3 Å². The SMILES string of the molecule is CC1(F)CC2CNCC(C1)C2CC(=O)O. The van der Waals surface area contributed by atoms with Gasteiger partial charge in [-0.3, -0.25) is 4.79 Å². The molecule has 2 rings (SSSR count). The zero-order valence-electron chi connectivity index (χ0n) is 9.00. The molecule has 1 aliphatic carbocycles. The van der Waals surface area contributed by atoms with Crippen molar-refractivity contribution < 1.29 is 14.3 Å².